The van der Waals surface area contributed by atoms with Crippen molar-refractivity contribution >= 4 is 17.2 Å². The summed E-state index contributed by atoms with van der Waals surface area (Å²) in [6.07, 6.45) is 6.28. The normalized spacial score (nSPS) is 43.0. The molecule has 0 radical (unpaired) electrons. The molecule has 0 amide bonds. The van der Waals surface area contributed by atoms with Gasteiger partial charge in [-0.3, -0.25) is 0 Å². The predicted octanol–water partition coefficient (Wildman–Crippen LogP) is 4.45. The van der Waals surface area contributed by atoms with Crippen molar-refractivity contribution in [3.63, 3.8) is 0 Å². The van der Waals surface area contributed by atoms with E-state index in [0.717, 1.165) is 16.8 Å². The number of hydrogen-bond donors (Lipinski definition) is 1. The summed E-state index contributed by atoms with van der Waals surface area (Å²) in [5, 5.41) is 0. The molecule has 0 aromatic heterocycles. The highest BCUT2D eigenvalue weighted by molar-refractivity contribution is 7.80. The van der Waals surface area contributed by atoms with Gasteiger partial charge >= 0.3 is 0 Å². The summed E-state index contributed by atoms with van der Waals surface area (Å²) in [6.45, 7) is 4.96. The Morgan fingerprint density at radius 1 is 1.05 bits per heavy atom. The largest absolute Gasteiger partial charge is 0.393 e. The minimum absolute atomic E-state index is 0.131. The molecule has 1 nitrogen and oxygen atoms in total. The molecule has 4 saturated carbocycles. The van der Waals surface area contributed by atoms with Crippen LogP contribution in [-0.2, 0) is 5.41 Å². The van der Waals surface area contributed by atoms with Gasteiger partial charge in [0, 0.05) is 5.41 Å². The zero-order valence-corrected chi connectivity index (χ0v) is 13.9. The summed E-state index contributed by atoms with van der Waals surface area (Å²) in [5.41, 5.74) is 8.68. The summed E-state index contributed by atoms with van der Waals surface area (Å²) in [6, 6.07) is 11.1. The van der Waals surface area contributed by atoms with Crippen LogP contribution in [0, 0.1) is 22.7 Å². The zero-order valence-electron chi connectivity index (χ0n) is 13.1. The first kappa shape index (κ1) is 13.8. The van der Waals surface area contributed by atoms with E-state index in [2.05, 4.69) is 44.2 Å². The lowest BCUT2D eigenvalue weighted by Crippen LogP contribution is -2.63. The smallest absolute Gasteiger partial charge is 0.0790 e. The maximum absolute atomic E-state index is 6.25. The fraction of sp³-hybridized carbons (Fsp3) is 0.632. The van der Waals surface area contributed by atoms with E-state index >= 15 is 0 Å². The summed E-state index contributed by atoms with van der Waals surface area (Å²) in [4.78, 5) is 0.785. The van der Waals surface area contributed by atoms with Crippen LogP contribution in [0.15, 0.2) is 30.3 Å². The number of hydrogen-bond acceptors (Lipinski definition) is 1. The fourth-order valence-corrected chi connectivity index (χ4v) is 6.18. The Morgan fingerprint density at radius 2 is 1.62 bits per heavy atom. The van der Waals surface area contributed by atoms with Gasteiger partial charge in [-0.25, -0.2) is 0 Å². The highest BCUT2D eigenvalue weighted by atomic mass is 32.1. The summed E-state index contributed by atoms with van der Waals surface area (Å²) < 4.78 is 0. The van der Waals surface area contributed by atoms with E-state index in [-0.39, 0.29) is 5.41 Å². The summed E-state index contributed by atoms with van der Waals surface area (Å²) >= 11 is 5.54. The highest BCUT2D eigenvalue weighted by Gasteiger charge is 2.64. The van der Waals surface area contributed by atoms with Crippen molar-refractivity contribution in [2.45, 2.75) is 51.4 Å². The fourth-order valence-electron chi connectivity index (χ4n) is 5.94. The molecule has 0 saturated heterocycles. The van der Waals surface area contributed by atoms with E-state index in [1.165, 1.54) is 37.7 Å². The molecule has 2 atom stereocenters. The van der Waals surface area contributed by atoms with E-state index in [0.29, 0.717) is 10.8 Å². The number of nitrogens with two attached hydrogens (primary N) is 1. The topological polar surface area (TPSA) is 26.0 Å². The molecule has 4 aliphatic carbocycles. The molecule has 112 valence electrons. The van der Waals surface area contributed by atoms with Gasteiger partial charge in [0.2, 0.25) is 0 Å². The van der Waals surface area contributed by atoms with Crippen LogP contribution in [0.5, 0.6) is 0 Å². The van der Waals surface area contributed by atoms with Crippen molar-refractivity contribution in [1.29, 1.82) is 0 Å². The van der Waals surface area contributed by atoms with Crippen molar-refractivity contribution in [3.8, 4) is 0 Å². The molecule has 4 fully saturated rings. The molecule has 4 bridgehead atoms. The van der Waals surface area contributed by atoms with E-state index in [1.54, 1.807) is 0 Å². The first-order valence-electron chi connectivity index (χ1n) is 8.24. The Morgan fingerprint density at radius 3 is 2.14 bits per heavy atom. The quantitative estimate of drug-likeness (QED) is 0.817. The second kappa shape index (κ2) is 4.10. The van der Waals surface area contributed by atoms with E-state index < -0.39 is 0 Å². The second-order valence-corrected chi connectivity index (χ2v) is 8.94. The van der Waals surface area contributed by atoms with Crippen molar-refractivity contribution in [2.75, 3.05) is 0 Å². The Labute approximate surface area is 133 Å². The van der Waals surface area contributed by atoms with Gasteiger partial charge in [0.15, 0.2) is 0 Å². The second-order valence-electron chi connectivity index (χ2n) is 8.50. The van der Waals surface area contributed by atoms with Gasteiger partial charge in [-0.1, -0.05) is 56.4 Å². The Balaban J connectivity index is 1.84. The van der Waals surface area contributed by atoms with Crippen LogP contribution in [0.2, 0.25) is 0 Å². The van der Waals surface area contributed by atoms with Crippen LogP contribution in [0.3, 0.4) is 0 Å². The minimum Gasteiger partial charge on any atom is -0.393 e. The molecule has 0 heterocycles. The SMILES string of the molecule is CC1(C)C2CC3(C(N)=S)CC1CC(c1ccccc1)(C2)C3. The predicted molar refractivity (Wildman–Crippen MR) is 91.2 cm³/mol. The molecule has 5 rings (SSSR count). The number of thiocarbonyl (C=S) groups is 1. The molecule has 2 heteroatoms. The monoisotopic (exact) mass is 299 g/mol. The molecule has 2 unspecified atom stereocenters. The van der Waals surface area contributed by atoms with E-state index in [9.17, 15) is 0 Å². The highest BCUT2D eigenvalue weighted by Crippen LogP contribution is 2.71. The van der Waals surface area contributed by atoms with E-state index in [1.807, 2.05) is 0 Å². The molecule has 1 aromatic rings. The Kier molecular flexibility index (Phi) is 2.68. The molecule has 21 heavy (non-hydrogen) atoms. The van der Waals surface area contributed by atoms with Gasteiger partial charge in [-0.05, 0) is 60.3 Å². The van der Waals surface area contributed by atoms with Gasteiger partial charge in [0.1, 0.15) is 0 Å². The maximum atomic E-state index is 6.25. The first-order chi connectivity index (χ1) is 9.88. The standard InChI is InChI=1S/C19H25NS/c1-17(2)14-8-18(13-6-4-3-5-7-13)9-15(17)11-19(10-14,12-18)16(20)21/h3-7,14-15H,8-12H2,1-2H3,(H2,20,21). The third-order valence-corrected chi connectivity index (χ3v) is 7.67. The number of rotatable bonds is 2. The lowest BCUT2D eigenvalue weighted by atomic mass is 9.37. The van der Waals surface area contributed by atoms with Crippen molar-refractivity contribution in [3.05, 3.63) is 35.9 Å². The van der Waals surface area contributed by atoms with Gasteiger partial charge < -0.3 is 5.73 Å². The van der Waals surface area contributed by atoms with E-state index in [4.69, 9.17) is 18.0 Å². The Hall–Kier alpha value is -0.890. The van der Waals surface area contributed by atoms with Crippen LogP contribution >= 0.6 is 12.2 Å². The van der Waals surface area contributed by atoms with Crippen LogP contribution in [0.25, 0.3) is 0 Å². The van der Waals surface area contributed by atoms with Crippen LogP contribution in [-0.4, -0.2) is 4.99 Å². The third-order valence-electron chi connectivity index (χ3n) is 7.24. The molecule has 4 aliphatic rings. The van der Waals surface area contributed by atoms with Crippen molar-refractivity contribution in [1.82, 2.24) is 0 Å². The van der Waals surface area contributed by atoms with Crippen molar-refractivity contribution in [2.24, 2.45) is 28.4 Å². The molecule has 0 spiro atoms. The molecular formula is C19H25NS. The van der Waals surface area contributed by atoms with Gasteiger partial charge in [0.25, 0.3) is 0 Å². The molecule has 2 N–H and O–H groups in total. The third kappa shape index (κ3) is 1.72. The zero-order chi connectivity index (χ0) is 14.9. The van der Waals surface area contributed by atoms with Crippen molar-refractivity contribution < 1.29 is 0 Å². The summed E-state index contributed by atoms with van der Waals surface area (Å²) in [7, 11) is 0. The lowest BCUT2D eigenvalue weighted by Gasteiger charge is -2.68. The van der Waals surface area contributed by atoms with Gasteiger partial charge in [0.05, 0.1) is 4.99 Å². The average molecular weight is 299 g/mol. The number of benzene rings is 1. The van der Waals surface area contributed by atoms with Gasteiger partial charge in [-0.15, -0.1) is 0 Å². The molecule has 0 aliphatic heterocycles. The summed E-state index contributed by atoms with van der Waals surface area (Å²) in [5.74, 6) is 1.53. The lowest BCUT2D eigenvalue weighted by molar-refractivity contribution is -0.124. The van der Waals surface area contributed by atoms with Crippen LogP contribution < -0.4 is 5.73 Å². The maximum Gasteiger partial charge on any atom is 0.0790 e. The Bertz CT molecular complexity index is 571. The average Bonchev–Trinajstić information content (AvgIpc) is 2.45. The van der Waals surface area contributed by atoms with Crippen LogP contribution in [0.1, 0.15) is 51.5 Å². The first-order valence-corrected chi connectivity index (χ1v) is 8.64. The molecular weight excluding hydrogens is 274 g/mol. The van der Waals surface area contributed by atoms with Crippen LogP contribution in [0.4, 0.5) is 0 Å². The van der Waals surface area contributed by atoms with Gasteiger partial charge in [-0.2, -0.15) is 0 Å². The molecule has 1 aromatic carbocycles. The minimum atomic E-state index is 0.131.